The number of hydrogen-bond acceptors (Lipinski definition) is 4. The van der Waals surface area contributed by atoms with Gasteiger partial charge in [0.2, 0.25) is 5.95 Å². The SMILES string of the molecule is CNc1nc(-c2ccc(C)cc2C)c2cn[nH]c2n1. The summed E-state index contributed by atoms with van der Waals surface area (Å²) in [5.41, 5.74) is 5.20. The molecule has 3 rings (SSSR count). The number of anilines is 1. The molecule has 0 saturated carbocycles. The van der Waals surface area contributed by atoms with Crippen molar-refractivity contribution in [1.29, 1.82) is 0 Å². The molecule has 0 saturated heterocycles. The third-order valence-electron chi connectivity index (χ3n) is 3.17. The number of rotatable bonds is 2. The molecule has 19 heavy (non-hydrogen) atoms. The lowest BCUT2D eigenvalue weighted by molar-refractivity contribution is 1.09. The first kappa shape index (κ1) is 11.6. The Kier molecular flexibility index (Phi) is 2.67. The van der Waals surface area contributed by atoms with Crippen LogP contribution in [-0.2, 0) is 0 Å². The fourth-order valence-corrected chi connectivity index (χ4v) is 2.23. The molecule has 3 aromatic rings. The third-order valence-corrected chi connectivity index (χ3v) is 3.17. The molecule has 0 radical (unpaired) electrons. The van der Waals surface area contributed by atoms with Gasteiger partial charge in [-0.1, -0.05) is 23.8 Å². The summed E-state index contributed by atoms with van der Waals surface area (Å²) in [7, 11) is 1.81. The number of aromatic nitrogens is 4. The number of H-pyrrole nitrogens is 1. The van der Waals surface area contributed by atoms with Gasteiger partial charge in [0.15, 0.2) is 5.65 Å². The molecule has 5 nitrogen and oxygen atoms in total. The second-order valence-electron chi connectivity index (χ2n) is 4.60. The second kappa shape index (κ2) is 4.35. The normalized spacial score (nSPS) is 10.9. The summed E-state index contributed by atoms with van der Waals surface area (Å²) in [6.07, 6.45) is 1.77. The maximum absolute atomic E-state index is 4.57. The number of hydrogen-bond donors (Lipinski definition) is 2. The van der Waals surface area contributed by atoms with Crippen LogP contribution in [0.15, 0.2) is 24.4 Å². The number of nitrogens with zero attached hydrogens (tertiary/aromatic N) is 3. The minimum Gasteiger partial charge on any atom is -0.357 e. The van der Waals surface area contributed by atoms with E-state index < -0.39 is 0 Å². The molecule has 2 aromatic heterocycles. The molecule has 0 unspecified atom stereocenters. The Morgan fingerprint density at radius 3 is 2.74 bits per heavy atom. The van der Waals surface area contributed by atoms with E-state index in [0.717, 1.165) is 22.3 Å². The van der Waals surface area contributed by atoms with Gasteiger partial charge in [0.25, 0.3) is 0 Å². The van der Waals surface area contributed by atoms with Gasteiger partial charge in [-0.05, 0) is 19.4 Å². The number of benzene rings is 1. The molecular weight excluding hydrogens is 238 g/mol. The van der Waals surface area contributed by atoms with Crippen molar-refractivity contribution < 1.29 is 0 Å². The van der Waals surface area contributed by atoms with E-state index in [0.29, 0.717) is 5.95 Å². The average molecular weight is 253 g/mol. The van der Waals surface area contributed by atoms with Crippen molar-refractivity contribution >= 4 is 17.0 Å². The molecule has 5 heteroatoms. The van der Waals surface area contributed by atoms with Gasteiger partial charge >= 0.3 is 0 Å². The zero-order valence-corrected chi connectivity index (χ0v) is 11.2. The fourth-order valence-electron chi connectivity index (χ4n) is 2.23. The van der Waals surface area contributed by atoms with Crippen LogP contribution in [0.4, 0.5) is 5.95 Å². The minimum atomic E-state index is 0.590. The van der Waals surface area contributed by atoms with Gasteiger partial charge in [-0.2, -0.15) is 10.1 Å². The molecule has 2 N–H and O–H groups in total. The maximum Gasteiger partial charge on any atom is 0.225 e. The minimum absolute atomic E-state index is 0.590. The summed E-state index contributed by atoms with van der Waals surface area (Å²) in [6, 6.07) is 6.34. The van der Waals surface area contributed by atoms with Crippen molar-refractivity contribution in [1.82, 2.24) is 20.2 Å². The topological polar surface area (TPSA) is 66.5 Å². The van der Waals surface area contributed by atoms with Crippen LogP contribution in [0.5, 0.6) is 0 Å². The van der Waals surface area contributed by atoms with Gasteiger partial charge in [-0.25, -0.2) is 4.98 Å². The third kappa shape index (κ3) is 1.93. The molecule has 2 heterocycles. The van der Waals surface area contributed by atoms with Crippen molar-refractivity contribution in [3.8, 4) is 11.3 Å². The highest BCUT2D eigenvalue weighted by molar-refractivity contribution is 5.91. The van der Waals surface area contributed by atoms with Gasteiger partial charge < -0.3 is 5.32 Å². The van der Waals surface area contributed by atoms with E-state index in [1.807, 2.05) is 7.05 Å². The Balaban J connectivity index is 2.31. The van der Waals surface area contributed by atoms with Crippen LogP contribution in [0.3, 0.4) is 0 Å². The van der Waals surface area contributed by atoms with E-state index in [1.54, 1.807) is 6.20 Å². The molecule has 96 valence electrons. The standard InChI is InChI=1S/C14H15N5/c1-8-4-5-10(9(2)6-8)12-11-7-16-19-13(11)18-14(15-3)17-12/h4-7H,1-3H3,(H2,15,16,17,18,19). The van der Waals surface area contributed by atoms with Crippen LogP contribution in [0.25, 0.3) is 22.3 Å². The highest BCUT2D eigenvalue weighted by Crippen LogP contribution is 2.29. The summed E-state index contributed by atoms with van der Waals surface area (Å²) in [4.78, 5) is 8.92. The predicted octanol–water partition coefficient (Wildman–Crippen LogP) is 2.68. The number of aryl methyl sites for hydroxylation is 2. The van der Waals surface area contributed by atoms with Crippen LogP contribution in [-0.4, -0.2) is 27.2 Å². The van der Waals surface area contributed by atoms with Crippen molar-refractivity contribution in [2.45, 2.75) is 13.8 Å². The maximum atomic E-state index is 4.57. The highest BCUT2D eigenvalue weighted by atomic mass is 15.2. The molecule has 0 aliphatic heterocycles. The van der Waals surface area contributed by atoms with Gasteiger partial charge in [0.05, 0.1) is 17.3 Å². The number of nitrogens with one attached hydrogen (secondary N) is 2. The first-order valence-electron chi connectivity index (χ1n) is 6.15. The first-order chi connectivity index (χ1) is 9.19. The van der Waals surface area contributed by atoms with Crippen LogP contribution < -0.4 is 5.32 Å². The fraction of sp³-hybridized carbons (Fsp3) is 0.214. The Morgan fingerprint density at radius 2 is 2.00 bits per heavy atom. The van der Waals surface area contributed by atoms with Gasteiger partial charge in [0, 0.05) is 12.6 Å². The summed E-state index contributed by atoms with van der Waals surface area (Å²) < 4.78 is 0. The van der Waals surface area contributed by atoms with E-state index >= 15 is 0 Å². The van der Waals surface area contributed by atoms with E-state index in [1.165, 1.54) is 11.1 Å². The summed E-state index contributed by atoms with van der Waals surface area (Å²) >= 11 is 0. The highest BCUT2D eigenvalue weighted by Gasteiger charge is 2.12. The lowest BCUT2D eigenvalue weighted by atomic mass is 10.0. The van der Waals surface area contributed by atoms with E-state index in [9.17, 15) is 0 Å². The zero-order valence-electron chi connectivity index (χ0n) is 11.2. The van der Waals surface area contributed by atoms with Crippen LogP contribution in [0, 0.1) is 13.8 Å². The molecule has 0 bridgehead atoms. The molecule has 0 atom stereocenters. The molecule has 1 aromatic carbocycles. The first-order valence-corrected chi connectivity index (χ1v) is 6.15. The largest absolute Gasteiger partial charge is 0.357 e. The van der Waals surface area contributed by atoms with Crippen LogP contribution in [0.2, 0.25) is 0 Å². The molecule has 0 aliphatic rings. The zero-order chi connectivity index (χ0) is 13.4. The summed E-state index contributed by atoms with van der Waals surface area (Å²) in [6.45, 7) is 4.18. The van der Waals surface area contributed by atoms with Crippen molar-refractivity contribution in [2.75, 3.05) is 12.4 Å². The average Bonchev–Trinajstić information content (AvgIpc) is 2.86. The Morgan fingerprint density at radius 1 is 1.16 bits per heavy atom. The molecular formula is C14H15N5. The van der Waals surface area contributed by atoms with Crippen LogP contribution >= 0.6 is 0 Å². The molecule has 0 aliphatic carbocycles. The molecule has 0 spiro atoms. The Bertz CT molecular complexity index is 745. The van der Waals surface area contributed by atoms with Crippen molar-refractivity contribution in [2.24, 2.45) is 0 Å². The van der Waals surface area contributed by atoms with Gasteiger partial charge in [0.1, 0.15) is 0 Å². The van der Waals surface area contributed by atoms with Crippen molar-refractivity contribution in [3.05, 3.63) is 35.5 Å². The second-order valence-corrected chi connectivity index (χ2v) is 4.60. The molecule has 0 amide bonds. The van der Waals surface area contributed by atoms with E-state index in [2.05, 4.69) is 57.5 Å². The monoisotopic (exact) mass is 253 g/mol. The smallest absolute Gasteiger partial charge is 0.225 e. The Hall–Kier alpha value is -2.43. The quantitative estimate of drug-likeness (QED) is 0.737. The van der Waals surface area contributed by atoms with Crippen LogP contribution in [0.1, 0.15) is 11.1 Å². The summed E-state index contributed by atoms with van der Waals surface area (Å²) in [5.74, 6) is 0.590. The lowest BCUT2D eigenvalue weighted by Crippen LogP contribution is -1.99. The summed E-state index contributed by atoms with van der Waals surface area (Å²) in [5, 5.41) is 10.9. The lowest BCUT2D eigenvalue weighted by Gasteiger charge is -2.09. The van der Waals surface area contributed by atoms with E-state index in [4.69, 9.17) is 0 Å². The number of fused-ring (bicyclic) bond motifs is 1. The predicted molar refractivity (Wildman–Crippen MR) is 76.1 cm³/mol. The Labute approximate surface area is 111 Å². The van der Waals surface area contributed by atoms with Gasteiger partial charge in [-0.3, -0.25) is 5.10 Å². The van der Waals surface area contributed by atoms with E-state index in [-0.39, 0.29) is 0 Å². The number of aromatic amines is 1. The van der Waals surface area contributed by atoms with Gasteiger partial charge in [-0.15, -0.1) is 0 Å². The molecule has 0 fully saturated rings. The van der Waals surface area contributed by atoms with Crippen molar-refractivity contribution in [3.63, 3.8) is 0 Å².